The number of fused-ring (bicyclic) bond motifs is 4. The van der Waals surface area contributed by atoms with Gasteiger partial charge in [-0.3, -0.25) is 4.68 Å². The lowest BCUT2D eigenvalue weighted by atomic mass is 9.67. The Balaban J connectivity index is 1.55. The maximum atomic E-state index is 14.4. The Morgan fingerprint density at radius 1 is 1.33 bits per heavy atom. The van der Waals surface area contributed by atoms with Crippen molar-refractivity contribution in [3.05, 3.63) is 41.7 Å². The molecule has 30 heavy (non-hydrogen) atoms. The van der Waals surface area contributed by atoms with E-state index >= 15 is 0 Å². The number of aryl methyl sites for hydroxylation is 1. The van der Waals surface area contributed by atoms with Crippen molar-refractivity contribution < 1.29 is 4.39 Å². The number of nitrogens with one attached hydrogen (secondary N) is 2. The number of nitrogens with zero attached hydrogens (tertiary/aromatic N) is 5. The number of benzene rings is 1. The fourth-order valence-electron chi connectivity index (χ4n) is 4.92. The molecular formula is C21H23FN8. The van der Waals surface area contributed by atoms with E-state index in [-0.39, 0.29) is 11.9 Å². The Kier molecular flexibility index (Phi) is 3.62. The normalized spacial score (nSPS) is 22.8. The molecule has 6 rings (SSSR count). The first-order valence-corrected chi connectivity index (χ1v) is 10.2. The second kappa shape index (κ2) is 6.15. The van der Waals surface area contributed by atoms with Crippen molar-refractivity contribution in [3.8, 4) is 0 Å². The molecule has 4 aromatic rings. The molecule has 0 amide bonds. The molecule has 1 saturated heterocycles. The summed E-state index contributed by atoms with van der Waals surface area (Å²) in [6.45, 7) is 0.880. The minimum Gasteiger partial charge on any atom is -0.386 e. The van der Waals surface area contributed by atoms with Crippen LogP contribution in [0.4, 0.5) is 15.9 Å². The Hall–Kier alpha value is -3.20. The standard InChI is InChI=1S/C21H23FN8/c1-24-15-5-11(22)4-12-18-20(28-19(12)15)26-17(3-10-7-25-29(2)8-10)27-21(18)30-9-13-14(23)6-16(13)30/h4-5,7-8,13-14,16,24H,3,6,9,23H2,1-2H3,(H,26,27,28)/t13-,14?,16?/m1/s1. The van der Waals surface area contributed by atoms with Crippen molar-refractivity contribution in [3.63, 3.8) is 0 Å². The van der Waals surface area contributed by atoms with Gasteiger partial charge in [0.05, 0.1) is 22.8 Å². The number of hydrogen-bond donors (Lipinski definition) is 3. The molecule has 1 aliphatic heterocycles. The van der Waals surface area contributed by atoms with Gasteiger partial charge in [0.2, 0.25) is 0 Å². The second-order valence-corrected chi connectivity index (χ2v) is 8.42. The maximum absolute atomic E-state index is 14.4. The van der Waals surface area contributed by atoms with E-state index in [2.05, 4.69) is 20.3 Å². The third-order valence-electron chi connectivity index (χ3n) is 6.58. The molecule has 3 aromatic heterocycles. The first-order valence-electron chi connectivity index (χ1n) is 10.2. The quantitative estimate of drug-likeness (QED) is 0.480. The molecular weight excluding hydrogens is 383 g/mol. The average molecular weight is 406 g/mol. The Labute approximate surface area is 172 Å². The summed E-state index contributed by atoms with van der Waals surface area (Å²) < 4.78 is 16.1. The number of hydrogen-bond acceptors (Lipinski definition) is 6. The van der Waals surface area contributed by atoms with E-state index in [0.717, 1.165) is 52.1 Å². The first kappa shape index (κ1) is 17.6. The van der Waals surface area contributed by atoms with Gasteiger partial charge in [-0.05, 0) is 24.1 Å². The van der Waals surface area contributed by atoms with Crippen LogP contribution in [0.25, 0.3) is 21.9 Å². The van der Waals surface area contributed by atoms with Crippen molar-refractivity contribution in [1.29, 1.82) is 0 Å². The van der Waals surface area contributed by atoms with E-state index in [9.17, 15) is 4.39 Å². The maximum Gasteiger partial charge on any atom is 0.144 e. The monoisotopic (exact) mass is 406 g/mol. The van der Waals surface area contributed by atoms with Crippen molar-refractivity contribution in [2.75, 3.05) is 23.8 Å². The highest BCUT2D eigenvalue weighted by Crippen LogP contribution is 2.46. The van der Waals surface area contributed by atoms with Crippen LogP contribution in [-0.4, -0.2) is 50.4 Å². The molecule has 0 bridgehead atoms. The third-order valence-corrected chi connectivity index (χ3v) is 6.58. The van der Waals surface area contributed by atoms with Gasteiger partial charge in [-0.1, -0.05) is 0 Å². The van der Waals surface area contributed by atoms with Gasteiger partial charge in [0, 0.05) is 56.6 Å². The number of piperidine rings is 1. The summed E-state index contributed by atoms with van der Waals surface area (Å²) in [5.74, 6) is 1.82. The number of nitrogens with two attached hydrogens (primary N) is 1. The van der Waals surface area contributed by atoms with Crippen LogP contribution in [-0.2, 0) is 13.5 Å². The van der Waals surface area contributed by atoms with Crippen LogP contribution in [0, 0.1) is 11.7 Å². The van der Waals surface area contributed by atoms with Crippen molar-refractivity contribution in [2.45, 2.75) is 24.9 Å². The fourth-order valence-corrected chi connectivity index (χ4v) is 4.92. The van der Waals surface area contributed by atoms with Crippen LogP contribution >= 0.6 is 0 Å². The second-order valence-electron chi connectivity index (χ2n) is 8.42. The van der Waals surface area contributed by atoms with Gasteiger partial charge < -0.3 is 20.9 Å². The van der Waals surface area contributed by atoms with E-state index in [4.69, 9.17) is 15.7 Å². The molecule has 4 N–H and O–H groups in total. The Morgan fingerprint density at radius 3 is 2.87 bits per heavy atom. The van der Waals surface area contributed by atoms with Crippen LogP contribution in [0.1, 0.15) is 17.8 Å². The molecule has 154 valence electrons. The molecule has 2 fully saturated rings. The lowest BCUT2D eigenvalue weighted by Gasteiger charge is -2.59. The summed E-state index contributed by atoms with van der Waals surface area (Å²) in [5.41, 5.74) is 9.46. The van der Waals surface area contributed by atoms with E-state index in [0.29, 0.717) is 24.1 Å². The first-order chi connectivity index (χ1) is 14.5. The minimum absolute atomic E-state index is 0.273. The van der Waals surface area contributed by atoms with Crippen LogP contribution in [0.2, 0.25) is 0 Å². The summed E-state index contributed by atoms with van der Waals surface area (Å²) >= 11 is 0. The summed E-state index contributed by atoms with van der Waals surface area (Å²) in [4.78, 5) is 15.5. The molecule has 0 spiro atoms. The van der Waals surface area contributed by atoms with E-state index in [1.807, 2.05) is 19.4 Å². The molecule has 2 aliphatic rings. The summed E-state index contributed by atoms with van der Waals surface area (Å²) in [7, 11) is 3.68. The lowest BCUT2D eigenvalue weighted by molar-refractivity contribution is 0.121. The largest absolute Gasteiger partial charge is 0.386 e. The van der Waals surface area contributed by atoms with Gasteiger partial charge in [0.1, 0.15) is 23.1 Å². The number of aromatic amines is 1. The Morgan fingerprint density at radius 2 is 2.20 bits per heavy atom. The highest BCUT2D eigenvalue weighted by atomic mass is 19.1. The fraction of sp³-hybridized carbons (Fsp3) is 0.381. The van der Waals surface area contributed by atoms with E-state index in [1.54, 1.807) is 17.8 Å². The van der Waals surface area contributed by atoms with Crippen molar-refractivity contribution >= 4 is 33.4 Å². The number of H-pyrrole nitrogens is 1. The van der Waals surface area contributed by atoms with Gasteiger partial charge in [0.15, 0.2) is 0 Å². The van der Waals surface area contributed by atoms with Crippen LogP contribution in [0.3, 0.4) is 0 Å². The van der Waals surface area contributed by atoms with Gasteiger partial charge in [-0.2, -0.15) is 5.10 Å². The van der Waals surface area contributed by atoms with Crippen molar-refractivity contribution in [2.24, 2.45) is 18.7 Å². The molecule has 2 unspecified atom stereocenters. The van der Waals surface area contributed by atoms with E-state index in [1.165, 1.54) is 6.07 Å². The number of rotatable bonds is 4. The smallest absolute Gasteiger partial charge is 0.144 e. The van der Waals surface area contributed by atoms with Crippen LogP contribution in [0.15, 0.2) is 24.5 Å². The molecule has 0 radical (unpaired) electrons. The summed E-state index contributed by atoms with van der Waals surface area (Å²) in [6.07, 6.45) is 5.35. The topological polar surface area (TPSA) is 101 Å². The van der Waals surface area contributed by atoms with E-state index < -0.39 is 0 Å². The highest BCUT2D eigenvalue weighted by Gasteiger charge is 2.52. The molecule has 3 atom stereocenters. The van der Waals surface area contributed by atoms with Gasteiger partial charge >= 0.3 is 0 Å². The van der Waals surface area contributed by atoms with Gasteiger partial charge in [-0.15, -0.1) is 0 Å². The Bertz CT molecular complexity index is 1290. The van der Waals surface area contributed by atoms with Crippen LogP contribution in [0.5, 0.6) is 0 Å². The zero-order chi connectivity index (χ0) is 20.6. The lowest BCUT2D eigenvalue weighted by Crippen LogP contribution is -2.71. The molecule has 1 aliphatic carbocycles. The van der Waals surface area contributed by atoms with Gasteiger partial charge in [0.25, 0.3) is 0 Å². The van der Waals surface area contributed by atoms with Crippen molar-refractivity contribution in [1.82, 2.24) is 24.7 Å². The van der Waals surface area contributed by atoms with Gasteiger partial charge in [-0.25, -0.2) is 14.4 Å². The molecule has 4 heterocycles. The molecule has 1 aromatic carbocycles. The highest BCUT2D eigenvalue weighted by molar-refractivity contribution is 6.14. The predicted molar refractivity (Wildman–Crippen MR) is 114 cm³/mol. The number of aromatic nitrogens is 5. The minimum atomic E-state index is -0.287. The van der Waals surface area contributed by atoms with Crippen LogP contribution < -0.4 is 16.0 Å². The summed E-state index contributed by atoms with van der Waals surface area (Å²) in [5, 5.41) is 8.99. The SMILES string of the molecule is CNc1cc(F)cc2c1[nH]c1nc(Cc3cnn(C)c3)nc(N3C[C@@H]4C(N)CC43)c12. The average Bonchev–Trinajstić information content (AvgIpc) is 3.28. The third kappa shape index (κ3) is 2.44. The molecule has 1 saturated carbocycles. The zero-order valence-corrected chi connectivity index (χ0v) is 16.9. The number of halogens is 1. The molecule has 9 heteroatoms. The summed E-state index contributed by atoms with van der Waals surface area (Å²) in [6, 6.07) is 3.74. The molecule has 8 nitrogen and oxygen atoms in total. The predicted octanol–water partition coefficient (Wildman–Crippen LogP) is 2.15. The zero-order valence-electron chi connectivity index (χ0n) is 16.9. The number of anilines is 2.